The maximum Gasteiger partial charge on any atom is 0.404 e. The molecule has 1 unspecified atom stereocenters. The van der Waals surface area contributed by atoms with E-state index in [4.69, 9.17) is 10.5 Å². The molecule has 3 rings (SSSR count). The Kier molecular flexibility index (Phi) is 14.6. The fourth-order valence-corrected chi connectivity index (χ4v) is 6.68. The van der Waals surface area contributed by atoms with E-state index in [0.717, 1.165) is 73.1 Å². The van der Waals surface area contributed by atoms with Gasteiger partial charge in [0.2, 0.25) is 17.7 Å². The Morgan fingerprint density at radius 1 is 1.02 bits per heavy atom. The summed E-state index contributed by atoms with van der Waals surface area (Å²) >= 11 is 1.58. The fraction of sp³-hybridized carbons (Fsp3) is 0.629. The maximum absolute atomic E-state index is 13.9. The number of nitrogens with two attached hydrogens (primary N) is 1. The largest absolute Gasteiger partial charge is 0.450 e. The third kappa shape index (κ3) is 11.9. The number of aryl methyl sites for hydroxylation is 1. The summed E-state index contributed by atoms with van der Waals surface area (Å²) < 4.78 is 4.73. The molecule has 1 aliphatic heterocycles. The highest BCUT2D eigenvalue weighted by Gasteiger charge is 2.44. The van der Waals surface area contributed by atoms with Crippen molar-refractivity contribution in [3.63, 3.8) is 0 Å². The van der Waals surface area contributed by atoms with Crippen LogP contribution in [0.3, 0.4) is 0 Å². The molecule has 0 spiro atoms. The minimum atomic E-state index is -0.839. The van der Waals surface area contributed by atoms with E-state index < -0.39 is 29.7 Å². The SMILES string of the molecule is Cc1ncsc1-c1ccc([C@H](C)NC(=O)[C@@H]2C[C@@H](O)CN2C(=O)C(NC(=O)CCCCCCCCCCOC(N)=O)C(C)(C)C)cc1. The third-order valence-electron chi connectivity index (χ3n) is 8.60. The number of unbranched alkanes of at least 4 members (excludes halogenated alkanes) is 7. The van der Waals surface area contributed by atoms with Gasteiger partial charge in [0.25, 0.3) is 0 Å². The lowest BCUT2D eigenvalue weighted by Crippen LogP contribution is -2.57. The first kappa shape index (κ1) is 37.9. The van der Waals surface area contributed by atoms with Crippen LogP contribution < -0.4 is 16.4 Å². The number of thiazole rings is 1. The van der Waals surface area contributed by atoms with E-state index in [1.807, 2.05) is 64.4 Å². The van der Waals surface area contributed by atoms with Gasteiger partial charge in [0.15, 0.2) is 0 Å². The number of amides is 4. The Hall–Kier alpha value is -3.51. The highest BCUT2D eigenvalue weighted by molar-refractivity contribution is 7.13. The van der Waals surface area contributed by atoms with Gasteiger partial charge in [0.1, 0.15) is 12.1 Å². The van der Waals surface area contributed by atoms with Crippen LogP contribution in [-0.2, 0) is 19.1 Å². The first-order valence-electron chi connectivity index (χ1n) is 16.8. The van der Waals surface area contributed by atoms with Crippen molar-refractivity contribution in [3.05, 3.63) is 41.0 Å². The average molecular weight is 672 g/mol. The summed E-state index contributed by atoms with van der Waals surface area (Å²) in [6.07, 6.45) is 6.54. The van der Waals surface area contributed by atoms with E-state index in [2.05, 4.69) is 15.6 Å². The van der Waals surface area contributed by atoms with Crippen molar-refractivity contribution in [2.45, 2.75) is 123 Å². The Labute approximate surface area is 283 Å². The highest BCUT2D eigenvalue weighted by atomic mass is 32.1. The number of aromatic nitrogens is 1. The summed E-state index contributed by atoms with van der Waals surface area (Å²) in [5.74, 6) is -0.887. The van der Waals surface area contributed by atoms with Crippen molar-refractivity contribution in [1.82, 2.24) is 20.5 Å². The molecule has 4 atom stereocenters. The van der Waals surface area contributed by atoms with Gasteiger partial charge in [-0.05, 0) is 43.2 Å². The predicted octanol–water partition coefficient (Wildman–Crippen LogP) is 5.39. The number of carbonyl (C=O) groups is 4. The minimum absolute atomic E-state index is 0.0365. The lowest BCUT2D eigenvalue weighted by Gasteiger charge is -2.35. The summed E-state index contributed by atoms with van der Waals surface area (Å²) in [5, 5.41) is 16.5. The van der Waals surface area contributed by atoms with Crippen molar-refractivity contribution >= 4 is 35.2 Å². The van der Waals surface area contributed by atoms with Crippen LogP contribution in [-0.4, -0.2) is 70.1 Å². The minimum Gasteiger partial charge on any atom is -0.450 e. The number of likely N-dealkylation sites (tertiary alicyclic amines) is 1. The fourth-order valence-electron chi connectivity index (χ4n) is 5.87. The van der Waals surface area contributed by atoms with Crippen LogP contribution in [0.25, 0.3) is 10.4 Å². The van der Waals surface area contributed by atoms with Crippen LogP contribution in [0.2, 0.25) is 0 Å². The van der Waals surface area contributed by atoms with Gasteiger partial charge in [-0.25, -0.2) is 9.78 Å². The van der Waals surface area contributed by atoms with Crippen LogP contribution in [0.4, 0.5) is 4.79 Å². The first-order chi connectivity index (χ1) is 22.3. The van der Waals surface area contributed by atoms with Gasteiger partial charge < -0.3 is 31.1 Å². The van der Waals surface area contributed by atoms with Gasteiger partial charge in [-0.2, -0.15) is 0 Å². The molecule has 1 aromatic carbocycles. The van der Waals surface area contributed by atoms with Crippen molar-refractivity contribution < 1.29 is 29.0 Å². The van der Waals surface area contributed by atoms with Crippen molar-refractivity contribution in [1.29, 1.82) is 0 Å². The molecular weight excluding hydrogens is 618 g/mol. The van der Waals surface area contributed by atoms with Crippen molar-refractivity contribution in [3.8, 4) is 10.4 Å². The lowest BCUT2D eigenvalue weighted by molar-refractivity contribution is -0.144. The number of primary amides is 1. The molecular formula is C35H53N5O6S. The molecule has 4 amide bonds. The van der Waals surface area contributed by atoms with Gasteiger partial charge in [-0.1, -0.05) is 83.6 Å². The van der Waals surface area contributed by atoms with E-state index in [-0.39, 0.29) is 36.7 Å². The van der Waals surface area contributed by atoms with E-state index in [1.54, 1.807) is 11.3 Å². The summed E-state index contributed by atoms with van der Waals surface area (Å²) in [7, 11) is 0. The third-order valence-corrected chi connectivity index (χ3v) is 9.58. The van der Waals surface area contributed by atoms with E-state index in [9.17, 15) is 24.3 Å². The number of nitrogens with zero attached hydrogens (tertiary/aromatic N) is 2. The number of rotatable bonds is 17. The quantitative estimate of drug-likeness (QED) is 0.164. The molecule has 1 saturated heterocycles. The Morgan fingerprint density at radius 2 is 1.64 bits per heavy atom. The average Bonchev–Trinajstić information content (AvgIpc) is 3.62. The summed E-state index contributed by atoms with van der Waals surface area (Å²) in [6.45, 7) is 9.92. The zero-order valence-corrected chi connectivity index (χ0v) is 29.4. The van der Waals surface area contributed by atoms with E-state index >= 15 is 0 Å². The van der Waals surface area contributed by atoms with Gasteiger partial charge >= 0.3 is 6.09 Å². The summed E-state index contributed by atoms with van der Waals surface area (Å²) in [4.78, 5) is 57.7. The molecule has 0 bridgehead atoms. The van der Waals surface area contributed by atoms with Gasteiger partial charge in [0.05, 0.1) is 34.8 Å². The Balaban J connectivity index is 1.49. The maximum atomic E-state index is 13.9. The number of carbonyl (C=O) groups excluding carboxylic acids is 4. The number of benzene rings is 1. The molecule has 1 aliphatic rings. The molecule has 1 aromatic heterocycles. The molecule has 11 nitrogen and oxygen atoms in total. The zero-order chi connectivity index (χ0) is 34.6. The number of hydrogen-bond donors (Lipinski definition) is 4. The normalized spacial score (nSPS) is 17.6. The van der Waals surface area contributed by atoms with E-state index in [0.29, 0.717) is 13.0 Å². The standard InChI is InChI=1S/C35H53N5O6S/c1-23(25-15-17-26(18-16-25)30-24(2)37-22-47-30)38-32(43)28-20-27(41)21-40(28)33(44)31(35(3,4)5)39-29(42)14-12-10-8-6-7-9-11-13-19-46-34(36)45/h15-18,22-23,27-28,31,41H,6-14,19-21H2,1-5H3,(H2,36,45)(H,38,43)(H,39,42)/t23-,27+,28-,31?/m0/s1. The molecule has 0 radical (unpaired) electrons. The number of nitrogens with one attached hydrogen (secondary N) is 2. The second-order valence-electron chi connectivity index (χ2n) is 13.6. The molecule has 260 valence electrons. The number of aliphatic hydroxyl groups is 1. The number of hydrogen-bond acceptors (Lipinski definition) is 8. The van der Waals surface area contributed by atoms with Crippen LogP contribution >= 0.6 is 11.3 Å². The lowest BCUT2D eigenvalue weighted by atomic mass is 9.85. The second-order valence-corrected chi connectivity index (χ2v) is 14.5. The van der Waals surface area contributed by atoms with Gasteiger partial charge in [-0.15, -0.1) is 11.3 Å². The topological polar surface area (TPSA) is 164 Å². The molecule has 12 heteroatoms. The Morgan fingerprint density at radius 3 is 2.21 bits per heavy atom. The first-order valence-corrected chi connectivity index (χ1v) is 17.7. The van der Waals surface area contributed by atoms with Crippen molar-refractivity contribution in [2.75, 3.05) is 13.2 Å². The number of aliphatic hydroxyl groups excluding tert-OH is 1. The summed E-state index contributed by atoms with van der Waals surface area (Å²) in [5.41, 5.74) is 9.13. The molecule has 0 saturated carbocycles. The van der Waals surface area contributed by atoms with E-state index in [1.165, 1.54) is 4.90 Å². The van der Waals surface area contributed by atoms with Gasteiger partial charge in [0, 0.05) is 19.4 Å². The number of β-amino-alcohol motifs (C(OH)–C–C–N with tert-alkyl or cyclic N) is 1. The smallest absolute Gasteiger partial charge is 0.404 e. The monoisotopic (exact) mass is 671 g/mol. The molecule has 1 fully saturated rings. The second kappa shape index (κ2) is 18.1. The molecule has 47 heavy (non-hydrogen) atoms. The van der Waals surface area contributed by atoms with Gasteiger partial charge in [-0.3, -0.25) is 14.4 Å². The molecule has 2 heterocycles. The predicted molar refractivity (Wildman–Crippen MR) is 183 cm³/mol. The molecule has 5 N–H and O–H groups in total. The molecule has 0 aliphatic carbocycles. The Bertz CT molecular complexity index is 1320. The molecule has 2 aromatic rings. The van der Waals surface area contributed by atoms with Crippen LogP contribution in [0.15, 0.2) is 29.8 Å². The van der Waals surface area contributed by atoms with Crippen molar-refractivity contribution in [2.24, 2.45) is 11.1 Å². The van der Waals surface area contributed by atoms with Crippen LogP contribution in [0.1, 0.15) is 109 Å². The van der Waals surface area contributed by atoms with Crippen LogP contribution in [0.5, 0.6) is 0 Å². The highest BCUT2D eigenvalue weighted by Crippen LogP contribution is 2.29. The zero-order valence-electron chi connectivity index (χ0n) is 28.5. The summed E-state index contributed by atoms with van der Waals surface area (Å²) in [6, 6.07) is 5.99. The number of ether oxygens (including phenoxy) is 1. The van der Waals surface area contributed by atoms with Crippen LogP contribution in [0, 0.1) is 12.3 Å².